The Bertz CT molecular complexity index is 126. The van der Waals surface area contributed by atoms with E-state index in [2.05, 4.69) is 0 Å². The van der Waals surface area contributed by atoms with Gasteiger partial charge in [-0.25, -0.2) is 0 Å². The standard InChI is InChI=1S/2C7H16O2/c2*1-2-7(9)5-3-4-6-8/h2*7-9H,2-6H2,1H3. The van der Waals surface area contributed by atoms with E-state index in [0.29, 0.717) is 0 Å². The molecule has 18 heavy (non-hydrogen) atoms. The van der Waals surface area contributed by atoms with Gasteiger partial charge < -0.3 is 20.4 Å². The van der Waals surface area contributed by atoms with E-state index in [4.69, 9.17) is 20.4 Å². The second-order valence-electron chi connectivity index (χ2n) is 4.56. The molecule has 0 aliphatic heterocycles. The zero-order valence-corrected chi connectivity index (χ0v) is 12.0. The molecular weight excluding hydrogens is 232 g/mol. The lowest BCUT2D eigenvalue weighted by Gasteiger charge is -2.04. The van der Waals surface area contributed by atoms with Gasteiger partial charge in [-0.05, 0) is 51.4 Å². The molecule has 4 heteroatoms. The summed E-state index contributed by atoms with van der Waals surface area (Å²) in [5.41, 5.74) is 0. The molecule has 0 fully saturated rings. The van der Waals surface area contributed by atoms with E-state index < -0.39 is 0 Å². The van der Waals surface area contributed by atoms with Gasteiger partial charge in [0.1, 0.15) is 0 Å². The van der Waals surface area contributed by atoms with Crippen LogP contribution in [0.3, 0.4) is 0 Å². The number of rotatable bonds is 10. The maximum atomic E-state index is 9.00. The molecule has 0 saturated heterocycles. The fraction of sp³-hybridized carbons (Fsp3) is 1.00. The normalized spacial score (nSPS) is 13.7. The van der Waals surface area contributed by atoms with Crippen molar-refractivity contribution in [3.05, 3.63) is 0 Å². The van der Waals surface area contributed by atoms with Crippen LogP contribution < -0.4 is 0 Å². The molecule has 0 aliphatic rings. The first-order valence-corrected chi connectivity index (χ1v) is 7.20. The van der Waals surface area contributed by atoms with Gasteiger partial charge in [-0.3, -0.25) is 0 Å². The van der Waals surface area contributed by atoms with E-state index in [1.54, 1.807) is 0 Å². The summed E-state index contributed by atoms with van der Waals surface area (Å²) in [7, 11) is 0. The number of aliphatic hydroxyl groups is 4. The van der Waals surface area contributed by atoms with Crippen molar-refractivity contribution in [2.45, 2.75) is 77.4 Å². The highest BCUT2D eigenvalue weighted by molar-refractivity contribution is 4.51. The maximum Gasteiger partial charge on any atom is 0.0537 e. The molecule has 4 nitrogen and oxygen atoms in total. The fourth-order valence-corrected chi connectivity index (χ4v) is 1.39. The van der Waals surface area contributed by atoms with Gasteiger partial charge >= 0.3 is 0 Å². The molecular formula is C14H32O4. The molecule has 0 aliphatic carbocycles. The van der Waals surface area contributed by atoms with Gasteiger partial charge in [0.15, 0.2) is 0 Å². The van der Waals surface area contributed by atoms with Crippen LogP contribution in [0.15, 0.2) is 0 Å². The summed E-state index contributed by atoms with van der Waals surface area (Å²) in [6, 6.07) is 0. The second-order valence-corrected chi connectivity index (χ2v) is 4.56. The van der Waals surface area contributed by atoms with Crippen LogP contribution in [0.25, 0.3) is 0 Å². The highest BCUT2D eigenvalue weighted by atomic mass is 16.3. The van der Waals surface area contributed by atoms with E-state index in [9.17, 15) is 0 Å². The lowest BCUT2D eigenvalue weighted by atomic mass is 10.1. The molecule has 0 aromatic heterocycles. The summed E-state index contributed by atoms with van der Waals surface area (Å²) < 4.78 is 0. The van der Waals surface area contributed by atoms with Crippen LogP contribution in [-0.4, -0.2) is 45.8 Å². The van der Waals surface area contributed by atoms with Gasteiger partial charge in [0.25, 0.3) is 0 Å². The minimum atomic E-state index is -0.156. The first-order valence-electron chi connectivity index (χ1n) is 7.20. The Morgan fingerprint density at radius 2 is 1.00 bits per heavy atom. The van der Waals surface area contributed by atoms with Crippen molar-refractivity contribution in [2.75, 3.05) is 13.2 Å². The average Bonchev–Trinajstić information content (AvgIpc) is 2.39. The van der Waals surface area contributed by atoms with Gasteiger partial charge in [0.05, 0.1) is 12.2 Å². The van der Waals surface area contributed by atoms with Crippen LogP contribution in [0.5, 0.6) is 0 Å². The summed E-state index contributed by atoms with van der Waals surface area (Å²) in [6.45, 7) is 4.42. The van der Waals surface area contributed by atoms with Crippen LogP contribution in [0.4, 0.5) is 0 Å². The van der Waals surface area contributed by atoms with E-state index in [1.165, 1.54) is 0 Å². The van der Waals surface area contributed by atoms with Crippen molar-refractivity contribution in [1.29, 1.82) is 0 Å². The summed E-state index contributed by atoms with van der Waals surface area (Å²) in [5, 5.41) is 34.7. The summed E-state index contributed by atoms with van der Waals surface area (Å²) in [5.74, 6) is 0. The van der Waals surface area contributed by atoms with Crippen LogP contribution in [0.1, 0.15) is 65.2 Å². The second kappa shape index (κ2) is 16.8. The van der Waals surface area contributed by atoms with Gasteiger partial charge in [0, 0.05) is 13.2 Å². The number of hydrogen-bond donors (Lipinski definition) is 4. The molecule has 0 spiro atoms. The molecule has 0 saturated carbocycles. The predicted octanol–water partition coefficient (Wildman–Crippen LogP) is 1.84. The van der Waals surface area contributed by atoms with Gasteiger partial charge in [0.2, 0.25) is 0 Å². The minimum absolute atomic E-state index is 0.156. The van der Waals surface area contributed by atoms with E-state index >= 15 is 0 Å². The molecule has 2 unspecified atom stereocenters. The molecule has 112 valence electrons. The van der Waals surface area contributed by atoms with Gasteiger partial charge in [-0.2, -0.15) is 0 Å². The highest BCUT2D eigenvalue weighted by Gasteiger charge is 1.98. The maximum absolute atomic E-state index is 9.00. The quantitative estimate of drug-likeness (QED) is 0.454. The fourth-order valence-electron chi connectivity index (χ4n) is 1.39. The zero-order valence-electron chi connectivity index (χ0n) is 12.0. The summed E-state index contributed by atoms with van der Waals surface area (Å²) in [6.07, 6.45) is 6.50. The smallest absolute Gasteiger partial charge is 0.0537 e. The molecule has 0 aromatic rings. The monoisotopic (exact) mass is 264 g/mol. The molecule has 2 atom stereocenters. The first-order chi connectivity index (χ1) is 8.62. The third-order valence-electron chi connectivity index (χ3n) is 2.83. The average molecular weight is 264 g/mol. The number of unbranched alkanes of at least 4 members (excludes halogenated alkanes) is 2. The Labute approximate surface area is 112 Å². The molecule has 0 bridgehead atoms. The first kappa shape index (κ1) is 20.2. The third-order valence-corrected chi connectivity index (χ3v) is 2.83. The van der Waals surface area contributed by atoms with Crippen LogP contribution in [0.2, 0.25) is 0 Å². The van der Waals surface area contributed by atoms with Crippen molar-refractivity contribution in [3.63, 3.8) is 0 Å². The van der Waals surface area contributed by atoms with Gasteiger partial charge in [-0.15, -0.1) is 0 Å². The Morgan fingerprint density at radius 1 is 0.667 bits per heavy atom. The minimum Gasteiger partial charge on any atom is -0.396 e. The van der Waals surface area contributed by atoms with Crippen LogP contribution >= 0.6 is 0 Å². The van der Waals surface area contributed by atoms with Crippen molar-refractivity contribution in [2.24, 2.45) is 0 Å². The third kappa shape index (κ3) is 18.2. The van der Waals surface area contributed by atoms with Crippen LogP contribution in [0, 0.1) is 0 Å². The van der Waals surface area contributed by atoms with Crippen LogP contribution in [-0.2, 0) is 0 Å². The van der Waals surface area contributed by atoms with Crippen molar-refractivity contribution < 1.29 is 20.4 Å². The topological polar surface area (TPSA) is 80.9 Å². The largest absolute Gasteiger partial charge is 0.396 e. The molecule has 4 N–H and O–H groups in total. The Hall–Kier alpha value is -0.160. The van der Waals surface area contributed by atoms with Gasteiger partial charge in [-0.1, -0.05) is 13.8 Å². The van der Waals surface area contributed by atoms with Crippen molar-refractivity contribution in [3.8, 4) is 0 Å². The summed E-state index contributed by atoms with van der Waals surface area (Å²) in [4.78, 5) is 0. The molecule has 0 heterocycles. The molecule has 0 aromatic carbocycles. The van der Waals surface area contributed by atoms with Crippen molar-refractivity contribution >= 4 is 0 Å². The number of aliphatic hydroxyl groups excluding tert-OH is 4. The lowest BCUT2D eigenvalue weighted by Crippen LogP contribution is -2.03. The van der Waals surface area contributed by atoms with E-state index in [1.807, 2.05) is 13.8 Å². The molecule has 0 rings (SSSR count). The predicted molar refractivity (Wildman–Crippen MR) is 74.5 cm³/mol. The Morgan fingerprint density at radius 3 is 1.22 bits per heavy atom. The van der Waals surface area contributed by atoms with E-state index in [-0.39, 0.29) is 25.4 Å². The Balaban J connectivity index is 0. The van der Waals surface area contributed by atoms with E-state index in [0.717, 1.165) is 51.4 Å². The molecule has 0 radical (unpaired) electrons. The molecule has 0 amide bonds. The summed E-state index contributed by atoms with van der Waals surface area (Å²) >= 11 is 0. The highest BCUT2D eigenvalue weighted by Crippen LogP contribution is 2.03. The Kier molecular flexibility index (Phi) is 18.9. The SMILES string of the molecule is CCC(O)CCCCO.CCC(O)CCCCO. The zero-order chi connectivity index (χ0) is 14.2. The lowest BCUT2D eigenvalue weighted by molar-refractivity contribution is 0.152. The van der Waals surface area contributed by atoms with Crippen molar-refractivity contribution in [1.82, 2.24) is 0 Å². The number of hydrogen-bond acceptors (Lipinski definition) is 4.